The van der Waals surface area contributed by atoms with Crippen LogP contribution in [0.25, 0.3) is 0 Å². The van der Waals surface area contributed by atoms with E-state index in [1.807, 2.05) is 30.3 Å². The summed E-state index contributed by atoms with van der Waals surface area (Å²) in [6.45, 7) is 2.10. The van der Waals surface area contributed by atoms with Gasteiger partial charge in [-0.1, -0.05) is 35.5 Å². The van der Waals surface area contributed by atoms with Crippen molar-refractivity contribution in [3.05, 3.63) is 65.5 Å². The van der Waals surface area contributed by atoms with Gasteiger partial charge in [-0.3, -0.25) is 4.79 Å². The summed E-state index contributed by atoms with van der Waals surface area (Å²) in [4.78, 5) is 34.2. The lowest BCUT2D eigenvalue weighted by Gasteiger charge is -2.09. The number of hydrogen-bond donors (Lipinski definition) is 3. The Morgan fingerprint density at radius 1 is 1.00 bits per heavy atom. The van der Waals surface area contributed by atoms with Gasteiger partial charge in [0.1, 0.15) is 11.5 Å². The van der Waals surface area contributed by atoms with Gasteiger partial charge in [-0.25, -0.2) is 14.3 Å². The van der Waals surface area contributed by atoms with E-state index in [2.05, 4.69) is 25.1 Å². The molecule has 0 aliphatic heterocycles. The second kappa shape index (κ2) is 8.73. The van der Waals surface area contributed by atoms with Crippen LogP contribution >= 0.6 is 0 Å². The Kier molecular flexibility index (Phi) is 5.92. The molecule has 0 aliphatic rings. The molecule has 0 spiro atoms. The molecule has 3 rings (SSSR count). The minimum absolute atomic E-state index is 0.0482. The maximum atomic E-state index is 12.6. The zero-order valence-electron chi connectivity index (χ0n) is 15.6. The largest absolute Gasteiger partial charge is 0.511 e. The summed E-state index contributed by atoms with van der Waals surface area (Å²) in [5, 5.41) is 27.9. The fraction of sp³-hybridized carbons (Fsp3) is 0.105. The average molecular weight is 412 g/mol. The SMILES string of the molecule is Cc1c(C(=O)Nc2cc(OC(=O)O)cc(OC(=O)O)c2)nnn1Cc1ccccc1. The molecule has 1 aromatic heterocycles. The topological polar surface area (TPSA) is 153 Å². The summed E-state index contributed by atoms with van der Waals surface area (Å²) in [7, 11) is 0. The first-order chi connectivity index (χ1) is 14.3. The molecule has 30 heavy (non-hydrogen) atoms. The molecule has 1 heterocycles. The Bertz CT molecular complexity index is 1060. The molecule has 0 atom stereocenters. The molecular weight excluding hydrogens is 396 g/mol. The number of carboxylic acid groups (broad SMARTS) is 2. The smallest absolute Gasteiger partial charge is 0.449 e. The molecular formula is C19H16N4O7. The van der Waals surface area contributed by atoms with Gasteiger partial charge in [0.2, 0.25) is 0 Å². The minimum atomic E-state index is -1.61. The highest BCUT2D eigenvalue weighted by molar-refractivity contribution is 6.03. The van der Waals surface area contributed by atoms with E-state index in [0.29, 0.717) is 12.2 Å². The Balaban J connectivity index is 1.81. The zero-order valence-corrected chi connectivity index (χ0v) is 15.6. The van der Waals surface area contributed by atoms with Crippen molar-refractivity contribution in [3.8, 4) is 11.5 Å². The van der Waals surface area contributed by atoms with E-state index in [4.69, 9.17) is 10.2 Å². The summed E-state index contributed by atoms with van der Waals surface area (Å²) in [6, 6.07) is 12.9. The lowest BCUT2D eigenvalue weighted by molar-refractivity contribution is 0.102. The molecule has 2 aromatic carbocycles. The Morgan fingerprint density at radius 2 is 1.60 bits per heavy atom. The van der Waals surface area contributed by atoms with Gasteiger partial charge in [-0.2, -0.15) is 0 Å². The molecule has 0 aliphatic carbocycles. The molecule has 0 unspecified atom stereocenters. The molecule has 0 saturated carbocycles. The van der Waals surface area contributed by atoms with E-state index in [-0.39, 0.29) is 22.9 Å². The van der Waals surface area contributed by atoms with E-state index < -0.39 is 18.2 Å². The predicted octanol–water partition coefficient (Wildman–Crippen LogP) is 3.00. The quantitative estimate of drug-likeness (QED) is 0.409. The number of rotatable bonds is 6. The number of benzene rings is 2. The van der Waals surface area contributed by atoms with Crippen LogP contribution < -0.4 is 14.8 Å². The maximum Gasteiger partial charge on any atom is 0.511 e. The fourth-order valence-corrected chi connectivity index (χ4v) is 2.63. The van der Waals surface area contributed by atoms with Crippen molar-refractivity contribution in [2.24, 2.45) is 0 Å². The zero-order chi connectivity index (χ0) is 21.7. The molecule has 3 aromatic rings. The van der Waals surface area contributed by atoms with Crippen LogP contribution in [0.3, 0.4) is 0 Å². The average Bonchev–Trinajstić information content (AvgIpc) is 3.02. The molecule has 0 saturated heterocycles. The van der Waals surface area contributed by atoms with Crippen molar-refractivity contribution in [2.75, 3.05) is 5.32 Å². The highest BCUT2D eigenvalue weighted by Crippen LogP contribution is 2.27. The number of anilines is 1. The van der Waals surface area contributed by atoms with Gasteiger partial charge >= 0.3 is 12.3 Å². The molecule has 0 radical (unpaired) electrons. The first kappa shape index (κ1) is 20.3. The van der Waals surface area contributed by atoms with E-state index in [0.717, 1.165) is 11.6 Å². The predicted molar refractivity (Wildman–Crippen MR) is 102 cm³/mol. The number of nitrogens with zero attached hydrogens (tertiary/aromatic N) is 3. The van der Waals surface area contributed by atoms with Gasteiger partial charge in [-0.15, -0.1) is 5.10 Å². The summed E-state index contributed by atoms with van der Waals surface area (Å²) < 4.78 is 10.6. The summed E-state index contributed by atoms with van der Waals surface area (Å²) in [5.41, 5.74) is 1.59. The van der Waals surface area contributed by atoms with Gasteiger partial charge in [0.15, 0.2) is 5.69 Å². The van der Waals surface area contributed by atoms with Gasteiger partial charge < -0.3 is 25.0 Å². The van der Waals surface area contributed by atoms with Crippen LogP contribution in [0.15, 0.2) is 48.5 Å². The van der Waals surface area contributed by atoms with E-state index in [9.17, 15) is 14.4 Å². The molecule has 1 amide bonds. The Hall–Kier alpha value is -4.41. The van der Waals surface area contributed by atoms with Crippen LogP contribution in [0.5, 0.6) is 11.5 Å². The van der Waals surface area contributed by atoms with Crippen LogP contribution in [0, 0.1) is 6.92 Å². The summed E-state index contributed by atoms with van der Waals surface area (Å²) in [6.07, 6.45) is -3.22. The van der Waals surface area contributed by atoms with E-state index in [1.54, 1.807) is 11.6 Å². The third-order valence-corrected chi connectivity index (χ3v) is 3.92. The molecule has 3 N–H and O–H groups in total. The number of amides is 1. The van der Waals surface area contributed by atoms with Gasteiger partial charge in [-0.05, 0) is 12.5 Å². The maximum absolute atomic E-state index is 12.6. The number of nitrogens with one attached hydrogen (secondary N) is 1. The van der Waals surface area contributed by atoms with Gasteiger partial charge in [0.05, 0.1) is 12.2 Å². The number of carbonyl (C=O) groups excluding carboxylic acids is 1. The second-order valence-corrected chi connectivity index (χ2v) is 6.05. The van der Waals surface area contributed by atoms with Crippen molar-refractivity contribution >= 4 is 23.9 Å². The van der Waals surface area contributed by atoms with Crippen molar-refractivity contribution in [1.82, 2.24) is 15.0 Å². The van der Waals surface area contributed by atoms with Crippen molar-refractivity contribution in [2.45, 2.75) is 13.5 Å². The molecule has 0 fully saturated rings. The Morgan fingerprint density at radius 3 is 2.17 bits per heavy atom. The van der Waals surface area contributed by atoms with Gasteiger partial charge in [0, 0.05) is 23.9 Å². The van der Waals surface area contributed by atoms with Crippen LogP contribution in [-0.2, 0) is 6.54 Å². The second-order valence-electron chi connectivity index (χ2n) is 6.05. The van der Waals surface area contributed by atoms with Crippen molar-refractivity contribution in [1.29, 1.82) is 0 Å². The van der Waals surface area contributed by atoms with Crippen LogP contribution in [-0.4, -0.2) is 43.4 Å². The third-order valence-electron chi connectivity index (χ3n) is 3.92. The summed E-state index contributed by atoms with van der Waals surface area (Å²) >= 11 is 0. The van der Waals surface area contributed by atoms with Crippen molar-refractivity contribution < 1.29 is 34.1 Å². The molecule has 0 bridgehead atoms. The number of aromatic nitrogens is 3. The minimum Gasteiger partial charge on any atom is -0.449 e. The number of carbonyl (C=O) groups is 3. The lowest BCUT2D eigenvalue weighted by Crippen LogP contribution is -2.15. The molecule has 11 nitrogen and oxygen atoms in total. The Labute approximate surface area is 169 Å². The first-order valence-electron chi connectivity index (χ1n) is 8.54. The van der Waals surface area contributed by atoms with E-state index in [1.165, 1.54) is 12.1 Å². The molecule has 154 valence electrons. The number of ether oxygens (including phenoxy) is 2. The third kappa shape index (κ3) is 5.10. The normalized spacial score (nSPS) is 10.3. The van der Waals surface area contributed by atoms with Gasteiger partial charge in [0.25, 0.3) is 5.91 Å². The molecule has 11 heteroatoms. The fourth-order valence-electron chi connectivity index (χ4n) is 2.63. The van der Waals surface area contributed by atoms with Crippen LogP contribution in [0.2, 0.25) is 0 Å². The van der Waals surface area contributed by atoms with Crippen LogP contribution in [0.4, 0.5) is 15.3 Å². The van der Waals surface area contributed by atoms with Crippen molar-refractivity contribution in [3.63, 3.8) is 0 Å². The monoisotopic (exact) mass is 412 g/mol. The summed E-state index contributed by atoms with van der Waals surface area (Å²) in [5.74, 6) is -1.09. The lowest BCUT2D eigenvalue weighted by atomic mass is 10.2. The first-order valence-corrected chi connectivity index (χ1v) is 8.54. The van der Waals surface area contributed by atoms with Crippen LogP contribution in [0.1, 0.15) is 21.7 Å². The standard InChI is InChI=1S/C19H16N4O7/c1-11-16(21-22-23(11)10-12-5-3-2-4-6-12)17(24)20-13-7-14(29-18(25)26)9-15(8-13)30-19(27)28/h2-9H,10H2,1H3,(H,20,24)(H,25,26)(H,27,28). The number of hydrogen-bond acceptors (Lipinski definition) is 7. The highest BCUT2D eigenvalue weighted by atomic mass is 16.7. The highest BCUT2D eigenvalue weighted by Gasteiger charge is 2.18. The van der Waals surface area contributed by atoms with E-state index >= 15 is 0 Å².